The van der Waals surface area contributed by atoms with Gasteiger partial charge in [-0.15, -0.1) is 0 Å². The van der Waals surface area contributed by atoms with Gasteiger partial charge < -0.3 is 4.84 Å². The van der Waals surface area contributed by atoms with Crippen LogP contribution in [0.1, 0.15) is 52.8 Å². The monoisotopic (exact) mass is 321 g/mol. The maximum Gasteiger partial charge on any atom is 0.333 e. The van der Waals surface area contributed by atoms with Crippen LogP contribution in [0.25, 0.3) is 0 Å². The Balaban J connectivity index is 1.79. The van der Waals surface area contributed by atoms with Gasteiger partial charge in [0.25, 0.3) is 11.8 Å². The summed E-state index contributed by atoms with van der Waals surface area (Å²) in [6.07, 6.45) is 6.13. The molecule has 0 aromatic heterocycles. The fourth-order valence-electron chi connectivity index (χ4n) is 2.27. The van der Waals surface area contributed by atoms with Crippen molar-refractivity contribution in [3.63, 3.8) is 0 Å². The molecule has 1 aliphatic rings. The van der Waals surface area contributed by atoms with Gasteiger partial charge in [-0.1, -0.05) is 30.0 Å². The minimum atomic E-state index is -0.575. The second-order valence-corrected chi connectivity index (χ2v) is 6.06. The summed E-state index contributed by atoms with van der Waals surface area (Å²) in [5.74, 6) is -0.568. The second kappa shape index (κ2) is 7.98. The third kappa shape index (κ3) is 3.88. The summed E-state index contributed by atoms with van der Waals surface area (Å²) in [5.41, 5.74) is 0.551. The van der Waals surface area contributed by atoms with E-state index in [1.165, 1.54) is 0 Å². The number of thioether (sulfide) groups is 1. The maximum absolute atomic E-state index is 12.0. The van der Waals surface area contributed by atoms with E-state index in [1.54, 1.807) is 24.3 Å². The zero-order valence-corrected chi connectivity index (χ0v) is 13.4. The van der Waals surface area contributed by atoms with E-state index in [9.17, 15) is 14.4 Å². The van der Waals surface area contributed by atoms with Gasteiger partial charge in [0, 0.05) is 6.42 Å². The predicted octanol–water partition coefficient (Wildman–Crippen LogP) is 3.05. The highest BCUT2D eigenvalue weighted by molar-refractivity contribution is 7.98. The van der Waals surface area contributed by atoms with Crippen molar-refractivity contribution in [3.05, 3.63) is 35.4 Å². The fourth-order valence-corrected chi connectivity index (χ4v) is 2.76. The number of fused-ring (bicyclic) bond motifs is 1. The normalized spacial score (nSPS) is 13.4. The highest BCUT2D eigenvalue weighted by atomic mass is 32.2. The van der Waals surface area contributed by atoms with Gasteiger partial charge in [0.1, 0.15) is 0 Å². The number of hydrogen-bond acceptors (Lipinski definition) is 5. The Morgan fingerprint density at radius 2 is 1.64 bits per heavy atom. The molecule has 2 amide bonds. The molecule has 2 rings (SSSR count). The molecule has 0 aliphatic carbocycles. The third-order valence-corrected chi connectivity index (χ3v) is 4.13. The van der Waals surface area contributed by atoms with Crippen molar-refractivity contribution in [2.24, 2.45) is 0 Å². The van der Waals surface area contributed by atoms with Crippen molar-refractivity contribution < 1.29 is 19.2 Å². The molecule has 0 bridgehead atoms. The summed E-state index contributed by atoms with van der Waals surface area (Å²) >= 11 is 1.81. The van der Waals surface area contributed by atoms with Gasteiger partial charge in [0.05, 0.1) is 11.1 Å². The number of imide groups is 1. The largest absolute Gasteiger partial charge is 0.333 e. The molecule has 5 nitrogen and oxygen atoms in total. The minimum absolute atomic E-state index is 0.215. The number of hydrogen-bond donors (Lipinski definition) is 0. The molecule has 0 radical (unpaired) electrons. The van der Waals surface area contributed by atoms with Crippen LogP contribution in [-0.4, -0.2) is 34.9 Å². The molecule has 1 aromatic rings. The van der Waals surface area contributed by atoms with Crippen molar-refractivity contribution in [1.82, 2.24) is 5.06 Å². The zero-order chi connectivity index (χ0) is 15.9. The van der Waals surface area contributed by atoms with Crippen molar-refractivity contribution in [3.8, 4) is 0 Å². The first-order valence-corrected chi connectivity index (χ1v) is 8.72. The standard InChI is InChI=1S/C16H19NO4S/c1-22-11-7-3-2-4-10-14(18)21-17-15(19)12-8-5-6-9-13(12)16(17)20/h5-6,8-9H,2-4,7,10-11H2,1H3. The number of nitrogens with zero attached hydrogens (tertiary/aromatic N) is 1. The number of hydroxylamine groups is 2. The molecule has 6 heteroatoms. The first kappa shape index (κ1) is 16.5. The van der Waals surface area contributed by atoms with Crippen LogP contribution in [0.2, 0.25) is 0 Å². The van der Waals surface area contributed by atoms with E-state index in [0.717, 1.165) is 25.0 Å². The van der Waals surface area contributed by atoms with Crippen LogP contribution in [0.3, 0.4) is 0 Å². The number of benzene rings is 1. The highest BCUT2D eigenvalue weighted by Crippen LogP contribution is 2.23. The van der Waals surface area contributed by atoms with E-state index in [1.807, 2.05) is 11.8 Å². The van der Waals surface area contributed by atoms with Crippen LogP contribution in [0.15, 0.2) is 24.3 Å². The Morgan fingerprint density at radius 3 is 2.23 bits per heavy atom. The smallest absolute Gasteiger partial charge is 0.330 e. The molecule has 0 N–H and O–H groups in total. The van der Waals surface area contributed by atoms with Gasteiger partial charge in [-0.25, -0.2) is 4.79 Å². The van der Waals surface area contributed by atoms with Gasteiger partial charge in [-0.05, 0) is 37.0 Å². The van der Waals surface area contributed by atoms with Crippen molar-refractivity contribution in [2.75, 3.05) is 12.0 Å². The van der Waals surface area contributed by atoms with Gasteiger partial charge in [0.2, 0.25) is 0 Å². The Hall–Kier alpha value is -1.82. The molecule has 0 atom stereocenters. The van der Waals surface area contributed by atoms with Gasteiger partial charge in [-0.3, -0.25) is 9.59 Å². The maximum atomic E-state index is 12.0. The number of unbranched alkanes of at least 4 members (excludes halogenated alkanes) is 3. The fraction of sp³-hybridized carbons (Fsp3) is 0.438. The summed E-state index contributed by atoms with van der Waals surface area (Å²) in [4.78, 5) is 40.7. The molecule has 0 saturated heterocycles. The third-order valence-electron chi connectivity index (χ3n) is 3.43. The first-order chi connectivity index (χ1) is 10.6. The Kier molecular flexibility index (Phi) is 6.00. The second-order valence-electron chi connectivity index (χ2n) is 5.07. The van der Waals surface area contributed by atoms with E-state index >= 15 is 0 Å². The summed E-state index contributed by atoms with van der Waals surface area (Å²) in [6.45, 7) is 0. The van der Waals surface area contributed by atoms with Crippen molar-refractivity contribution in [2.45, 2.75) is 32.1 Å². The zero-order valence-electron chi connectivity index (χ0n) is 12.5. The van der Waals surface area contributed by atoms with E-state index in [2.05, 4.69) is 6.26 Å². The van der Waals surface area contributed by atoms with Crippen LogP contribution in [0, 0.1) is 0 Å². The van der Waals surface area contributed by atoms with E-state index in [0.29, 0.717) is 11.5 Å². The van der Waals surface area contributed by atoms with Gasteiger partial charge in [-0.2, -0.15) is 11.8 Å². The molecule has 0 unspecified atom stereocenters. The van der Waals surface area contributed by atoms with Crippen LogP contribution in [-0.2, 0) is 9.63 Å². The number of rotatable bonds is 8. The molecule has 0 spiro atoms. The van der Waals surface area contributed by atoms with E-state index < -0.39 is 17.8 Å². The topological polar surface area (TPSA) is 63.7 Å². The SMILES string of the molecule is CSCCCCCCC(=O)ON1C(=O)c2ccccc2C1=O. The van der Waals surface area contributed by atoms with E-state index in [-0.39, 0.29) is 17.5 Å². The summed E-state index contributed by atoms with van der Waals surface area (Å²) in [6, 6.07) is 6.44. The molecule has 0 fully saturated rings. The van der Waals surface area contributed by atoms with Crippen LogP contribution < -0.4 is 0 Å². The number of amides is 2. The lowest BCUT2D eigenvalue weighted by Gasteiger charge is -2.12. The van der Waals surface area contributed by atoms with Crippen LogP contribution in [0.5, 0.6) is 0 Å². The summed E-state index contributed by atoms with van der Waals surface area (Å²) in [7, 11) is 0. The lowest BCUT2D eigenvalue weighted by Crippen LogP contribution is -2.32. The van der Waals surface area contributed by atoms with Crippen molar-refractivity contribution >= 4 is 29.5 Å². The lowest BCUT2D eigenvalue weighted by molar-refractivity contribution is -0.168. The number of carbonyl (C=O) groups excluding carboxylic acids is 3. The Bertz CT molecular complexity index is 538. The average molecular weight is 321 g/mol. The van der Waals surface area contributed by atoms with Gasteiger partial charge >= 0.3 is 5.97 Å². The molecular weight excluding hydrogens is 302 g/mol. The molecule has 22 heavy (non-hydrogen) atoms. The molecule has 1 aliphatic heterocycles. The molecule has 0 saturated carbocycles. The lowest BCUT2D eigenvalue weighted by atomic mass is 10.1. The first-order valence-electron chi connectivity index (χ1n) is 7.32. The summed E-state index contributed by atoms with van der Waals surface area (Å²) < 4.78 is 0. The number of carbonyl (C=O) groups is 3. The molecule has 118 valence electrons. The highest BCUT2D eigenvalue weighted by Gasteiger charge is 2.38. The minimum Gasteiger partial charge on any atom is -0.330 e. The quantitative estimate of drug-likeness (QED) is 0.544. The molecular formula is C16H19NO4S. The van der Waals surface area contributed by atoms with Crippen molar-refractivity contribution in [1.29, 1.82) is 0 Å². The van der Waals surface area contributed by atoms with Gasteiger partial charge in [0.15, 0.2) is 0 Å². The summed E-state index contributed by atoms with van der Waals surface area (Å²) in [5, 5.41) is 0.570. The Morgan fingerprint density at radius 1 is 1.05 bits per heavy atom. The predicted molar refractivity (Wildman–Crippen MR) is 84.5 cm³/mol. The van der Waals surface area contributed by atoms with E-state index in [4.69, 9.17) is 4.84 Å². The van der Waals surface area contributed by atoms with Crippen LogP contribution in [0.4, 0.5) is 0 Å². The molecule has 1 aromatic carbocycles. The Labute approximate surface area is 134 Å². The molecule has 1 heterocycles. The average Bonchev–Trinajstić information content (AvgIpc) is 2.76. The van der Waals surface area contributed by atoms with Crippen LogP contribution >= 0.6 is 11.8 Å².